The van der Waals surface area contributed by atoms with Gasteiger partial charge < -0.3 is 15.6 Å². The molecule has 2 unspecified atom stereocenters. The van der Waals surface area contributed by atoms with E-state index in [1.54, 1.807) is 0 Å². The van der Waals surface area contributed by atoms with Gasteiger partial charge in [-0.15, -0.1) is 0 Å². The second-order valence-corrected chi connectivity index (χ2v) is 4.39. The highest BCUT2D eigenvalue weighted by Crippen LogP contribution is 2.21. The number of nitrogens with zero attached hydrogens (tertiary/aromatic N) is 1. The SMILES string of the molecule is CC1CCN(CCOCCO)C(CN)C1. The van der Waals surface area contributed by atoms with Crippen LogP contribution in [0, 0.1) is 5.92 Å². The van der Waals surface area contributed by atoms with Gasteiger partial charge in [-0.2, -0.15) is 0 Å². The molecule has 0 saturated carbocycles. The number of hydrogen-bond donors (Lipinski definition) is 2. The van der Waals surface area contributed by atoms with Gasteiger partial charge in [0.05, 0.1) is 19.8 Å². The van der Waals surface area contributed by atoms with Gasteiger partial charge in [0.15, 0.2) is 0 Å². The number of aliphatic hydroxyl groups excluding tert-OH is 1. The highest BCUT2D eigenvalue weighted by atomic mass is 16.5. The zero-order valence-electron chi connectivity index (χ0n) is 9.69. The Labute approximate surface area is 92.4 Å². The normalized spacial score (nSPS) is 28.2. The van der Waals surface area contributed by atoms with E-state index in [0.717, 1.165) is 25.6 Å². The molecule has 0 bridgehead atoms. The first kappa shape index (κ1) is 12.9. The maximum absolute atomic E-state index is 8.58. The predicted molar refractivity (Wildman–Crippen MR) is 60.7 cm³/mol. The van der Waals surface area contributed by atoms with Crippen LogP contribution in [0.1, 0.15) is 19.8 Å². The molecule has 0 aromatic carbocycles. The number of hydrogen-bond acceptors (Lipinski definition) is 4. The smallest absolute Gasteiger partial charge is 0.0698 e. The van der Waals surface area contributed by atoms with Gasteiger partial charge in [-0.3, -0.25) is 4.90 Å². The van der Waals surface area contributed by atoms with Crippen LogP contribution in [-0.4, -0.2) is 55.5 Å². The van der Waals surface area contributed by atoms with E-state index in [1.165, 1.54) is 12.8 Å². The van der Waals surface area contributed by atoms with Crippen LogP contribution in [0.15, 0.2) is 0 Å². The van der Waals surface area contributed by atoms with Crippen molar-refractivity contribution in [1.29, 1.82) is 0 Å². The zero-order chi connectivity index (χ0) is 11.1. The molecule has 0 aliphatic carbocycles. The molecule has 4 heteroatoms. The number of piperidine rings is 1. The fourth-order valence-electron chi connectivity index (χ4n) is 2.19. The van der Waals surface area contributed by atoms with Crippen molar-refractivity contribution in [3.63, 3.8) is 0 Å². The zero-order valence-corrected chi connectivity index (χ0v) is 9.69. The number of rotatable bonds is 6. The maximum Gasteiger partial charge on any atom is 0.0698 e. The van der Waals surface area contributed by atoms with Crippen molar-refractivity contribution >= 4 is 0 Å². The van der Waals surface area contributed by atoms with Crippen LogP contribution < -0.4 is 5.73 Å². The molecule has 0 radical (unpaired) electrons. The van der Waals surface area contributed by atoms with E-state index in [0.29, 0.717) is 19.3 Å². The lowest BCUT2D eigenvalue weighted by atomic mass is 9.92. The molecule has 0 spiro atoms. The lowest BCUT2D eigenvalue weighted by Gasteiger charge is -2.37. The number of likely N-dealkylation sites (tertiary alicyclic amines) is 1. The van der Waals surface area contributed by atoms with Crippen LogP contribution in [0.2, 0.25) is 0 Å². The van der Waals surface area contributed by atoms with Crippen LogP contribution in [0.25, 0.3) is 0 Å². The second-order valence-electron chi connectivity index (χ2n) is 4.39. The van der Waals surface area contributed by atoms with Crippen LogP contribution in [0.4, 0.5) is 0 Å². The molecule has 1 aliphatic rings. The van der Waals surface area contributed by atoms with Crippen LogP contribution in [0.5, 0.6) is 0 Å². The highest BCUT2D eigenvalue weighted by molar-refractivity contribution is 4.80. The molecule has 4 nitrogen and oxygen atoms in total. The van der Waals surface area contributed by atoms with Crippen molar-refractivity contribution in [3.8, 4) is 0 Å². The number of ether oxygens (including phenoxy) is 1. The molecule has 1 heterocycles. The van der Waals surface area contributed by atoms with Crippen molar-refractivity contribution in [2.75, 3.05) is 39.5 Å². The molecule has 90 valence electrons. The molecule has 0 amide bonds. The van der Waals surface area contributed by atoms with Gasteiger partial charge in [-0.1, -0.05) is 6.92 Å². The minimum absolute atomic E-state index is 0.108. The van der Waals surface area contributed by atoms with E-state index in [-0.39, 0.29) is 6.61 Å². The molecule has 1 rings (SSSR count). The standard InChI is InChI=1S/C11H24N2O2/c1-10-2-3-13(11(8-10)9-12)4-6-15-7-5-14/h10-11,14H,2-9,12H2,1H3. The topological polar surface area (TPSA) is 58.7 Å². The lowest BCUT2D eigenvalue weighted by Crippen LogP contribution is -2.47. The molecule has 1 aliphatic heterocycles. The monoisotopic (exact) mass is 216 g/mol. The minimum atomic E-state index is 0.108. The molecule has 1 saturated heterocycles. The quantitative estimate of drug-likeness (QED) is 0.616. The molecular weight excluding hydrogens is 192 g/mol. The van der Waals surface area contributed by atoms with E-state index in [9.17, 15) is 0 Å². The van der Waals surface area contributed by atoms with Crippen LogP contribution >= 0.6 is 0 Å². The Kier molecular flexibility index (Phi) is 6.17. The second kappa shape index (κ2) is 7.17. The lowest BCUT2D eigenvalue weighted by molar-refractivity contribution is 0.0475. The van der Waals surface area contributed by atoms with Crippen molar-refractivity contribution in [3.05, 3.63) is 0 Å². The summed E-state index contributed by atoms with van der Waals surface area (Å²) in [6.07, 6.45) is 2.47. The van der Waals surface area contributed by atoms with E-state index in [4.69, 9.17) is 15.6 Å². The van der Waals surface area contributed by atoms with Crippen molar-refractivity contribution in [2.45, 2.75) is 25.8 Å². The Morgan fingerprint density at radius 1 is 1.47 bits per heavy atom. The third kappa shape index (κ3) is 4.47. The maximum atomic E-state index is 8.58. The summed E-state index contributed by atoms with van der Waals surface area (Å²) >= 11 is 0. The van der Waals surface area contributed by atoms with Gasteiger partial charge in [-0.05, 0) is 25.3 Å². The van der Waals surface area contributed by atoms with Gasteiger partial charge in [0.25, 0.3) is 0 Å². The first-order chi connectivity index (χ1) is 7.27. The van der Waals surface area contributed by atoms with E-state index in [2.05, 4.69) is 11.8 Å². The summed E-state index contributed by atoms with van der Waals surface area (Å²) in [5.74, 6) is 0.799. The van der Waals surface area contributed by atoms with E-state index >= 15 is 0 Å². The summed E-state index contributed by atoms with van der Waals surface area (Å²) < 4.78 is 5.27. The third-order valence-electron chi connectivity index (χ3n) is 3.13. The van der Waals surface area contributed by atoms with Gasteiger partial charge in [0.2, 0.25) is 0 Å². The largest absolute Gasteiger partial charge is 0.394 e. The molecule has 3 N–H and O–H groups in total. The average molecular weight is 216 g/mol. The van der Waals surface area contributed by atoms with Gasteiger partial charge >= 0.3 is 0 Å². The van der Waals surface area contributed by atoms with E-state index < -0.39 is 0 Å². The number of nitrogens with two attached hydrogens (primary N) is 1. The summed E-state index contributed by atoms with van der Waals surface area (Å²) in [7, 11) is 0. The summed E-state index contributed by atoms with van der Waals surface area (Å²) in [6, 6.07) is 0.520. The summed E-state index contributed by atoms with van der Waals surface area (Å²) in [4.78, 5) is 2.41. The first-order valence-electron chi connectivity index (χ1n) is 5.90. The number of aliphatic hydroxyl groups is 1. The Morgan fingerprint density at radius 2 is 2.27 bits per heavy atom. The minimum Gasteiger partial charge on any atom is -0.394 e. The third-order valence-corrected chi connectivity index (χ3v) is 3.13. The molecule has 2 atom stereocenters. The predicted octanol–water partition coefficient (Wildman–Crippen LogP) is 0.0545. The summed E-state index contributed by atoms with van der Waals surface area (Å²) in [5.41, 5.74) is 5.76. The molecule has 0 aromatic heterocycles. The molecular formula is C11H24N2O2. The average Bonchev–Trinajstić information content (AvgIpc) is 2.26. The first-order valence-corrected chi connectivity index (χ1v) is 5.90. The molecule has 1 fully saturated rings. The summed E-state index contributed by atoms with van der Waals surface area (Å²) in [5, 5.41) is 8.58. The van der Waals surface area contributed by atoms with Gasteiger partial charge in [0, 0.05) is 19.1 Å². The van der Waals surface area contributed by atoms with Crippen LogP contribution in [-0.2, 0) is 4.74 Å². The Morgan fingerprint density at radius 3 is 2.93 bits per heavy atom. The van der Waals surface area contributed by atoms with E-state index in [1.807, 2.05) is 0 Å². The Hall–Kier alpha value is -0.160. The van der Waals surface area contributed by atoms with Gasteiger partial charge in [-0.25, -0.2) is 0 Å². The Bertz CT molecular complexity index is 167. The molecule has 15 heavy (non-hydrogen) atoms. The summed E-state index contributed by atoms with van der Waals surface area (Å²) in [6.45, 7) is 6.35. The van der Waals surface area contributed by atoms with Crippen molar-refractivity contribution in [1.82, 2.24) is 4.90 Å². The van der Waals surface area contributed by atoms with Gasteiger partial charge in [0.1, 0.15) is 0 Å². The Balaban J connectivity index is 2.20. The fraction of sp³-hybridized carbons (Fsp3) is 1.00. The van der Waals surface area contributed by atoms with Crippen LogP contribution in [0.3, 0.4) is 0 Å². The van der Waals surface area contributed by atoms with Crippen molar-refractivity contribution < 1.29 is 9.84 Å². The molecule has 0 aromatic rings. The highest BCUT2D eigenvalue weighted by Gasteiger charge is 2.24. The van der Waals surface area contributed by atoms with Crippen molar-refractivity contribution in [2.24, 2.45) is 11.7 Å². The fourth-order valence-corrected chi connectivity index (χ4v) is 2.19.